The Morgan fingerprint density at radius 2 is 1.73 bits per heavy atom. The second-order valence-corrected chi connectivity index (χ2v) is 8.06. The zero-order valence-corrected chi connectivity index (χ0v) is 16.9. The number of rotatable bonds is 5. The smallest absolute Gasteiger partial charge is 0.278 e. The van der Waals surface area contributed by atoms with Gasteiger partial charge in [0.15, 0.2) is 5.16 Å². The average Bonchev–Trinajstić information content (AvgIpc) is 3.29. The number of hydrogen-bond acceptors (Lipinski definition) is 7. The Morgan fingerprint density at radius 1 is 1.00 bits per heavy atom. The predicted octanol–water partition coefficient (Wildman–Crippen LogP) is 2.43. The van der Waals surface area contributed by atoms with Crippen molar-refractivity contribution in [3.8, 4) is 0 Å². The quantitative estimate of drug-likeness (QED) is 0.361. The van der Waals surface area contributed by atoms with Crippen molar-refractivity contribution in [2.45, 2.75) is 36.5 Å². The largest absolute Gasteiger partial charge is 0.376 e. The first kappa shape index (κ1) is 19.0. The third kappa shape index (κ3) is 3.50. The van der Waals surface area contributed by atoms with Crippen LogP contribution >= 0.6 is 11.8 Å². The van der Waals surface area contributed by atoms with Crippen molar-refractivity contribution in [3.63, 3.8) is 0 Å². The van der Waals surface area contributed by atoms with E-state index in [0.29, 0.717) is 40.1 Å². The maximum atomic E-state index is 13.1. The van der Waals surface area contributed by atoms with Gasteiger partial charge in [-0.3, -0.25) is 14.2 Å². The van der Waals surface area contributed by atoms with Crippen molar-refractivity contribution in [1.29, 1.82) is 0 Å². The molecule has 1 aliphatic rings. The van der Waals surface area contributed by atoms with E-state index in [0.717, 1.165) is 12.8 Å². The molecule has 0 aliphatic carbocycles. The van der Waals surface area contributed by atoms with Gasteiger partial charge < -0.3 is 4.74 Å². The predicted molar refractivity (Wildman–Crippen MR) is 115 cm³/mol. The number of hydrogen-bond donors (Lipinski definition) is 0. The minimum Gasteiger partial charge on any atom is -0.376 e. The summed E-state index contributed by atoms with van der Waals surface area (Å²) in [5, 5.41) is 9.77. The second-order valence-electron chi connectivity index (χ2n) is 7.15. The van der Waals surface area contributed by atoms with Crippen LogP contribution in [0.4, 0.5) is 0 Å². The lowest BCUT2D eigenvalue weighted by molar-refractivity contribution is 0.0937. The topological polar surface area (TPSA) is 91.9 Å². The van der Waals surface area contributed by atoms with Crippen LogP contribution in [0.5, 0.6) is 0 Å². The SMILES string of the molecule is O=c1c2ccccc2nnn1CSc1nc2ccccc2c(=O)n1C[C@@H]1CCCO1. The molecule has 0 amide bonds. The van der Waals surface area contributed by atoms with Crippen molar-refractivity contribution < 1.29 is 4.74 Å². The minimum absolute atomic E-state index is 0.00630. The zero-order chi connectivity index (χ0) is 20.5. The zero-order valence-electron chi connectivity index (χ0n) is 16.1. The summed E-state index contributed by atoms with van der Waals surface area (Å²) in [6.45, 7) is 1.16. The Morgan fingerprint density at radius 3 is 2.50 bits per heavy atom. The molecule has 0 radical (unpaired) electrons. The van der Waals surface area contributed by atoms with Crippen molar-refractivity contribution in [2.75, 3.05) is 6.61 Å². The number of nitrogens with zero attached hydrogens (tertiary/aromatic N) is 5. The molecule has 152 valence electrons. The molecule has 0 N–H and O–H groups in total. The van der Waals surface area contributed by atoms with Crippen LogP contribution in [0.1, 0.15) is 12.8 Å². The third-order valence-corrected chi connectivity index (χ3v) is 6.13. The molecule has 30 heavy (non-hydrogen) atoms. The number of para-hydroxylation sites is 1. The van der Waals surface area contributed by atoms with E-state index in [2.05, 4.69) is 10.3 Å². The highest BCUT2D eigenvalue weighted by molar-refractivity contribution is 7.98. The van der Waals surface area contributed by atoms with E-state index in [9.17, 15) is 9.59 Å². The number of benzene rings is 2. The number of aromatic nitrogens is 5. The van der Waals surface area contributed by atoms with Gasteiger partial charge in [-0.2, -0.15) is 4.68 Å². The molecule has 2 aromatic carbocycles. The van der Waals surface area contributed by atoms with Crippen LogP contribution in [-0.2, 0) is 17.2 Å². The molecular weight excluding hydrogens is 402 g/mol. The van der Waals surface area contributed by atoms with E-state index in [1.807, 2.05) is 24.3 Å². The van der Waals surface area contributed by atoms with Crippen LogP contribution < -0.4 is 11.1 Å². The van der Waals surface area contributed by atoms with Crippen LogP contribution in [0.25, 0.3) is 21.8 Å². The highest BCUT2D eigenvalue weighted by atomic mass is 32.2. The van der Waals surface area contributed by atoms with Crippen LogP contribution in [0.3, 0.4) is 0 Å². The summed E-state index contributed by atoms with van der Waals surface area (Å²) >= 11 is 1.29. The number of ether oxygens (including phenoxy) is 1. The Kier molecular flexibility index (Phi) is 5.06. The van der Waals surface area contributed by atoms with Gasteiger partial charge in [0.1, 0.15) is 5.52 Å². The maximum Gasteiger partial charge on any atom is 0.278 e. The molecule has 5 rings (SSSR count). The number of thioether (sulfide) groups is 1. The van der Waals surface area contributed by atoms with Crippen LogP contribution in [0, 0.1) is 0 Å². The van der Waals surface area contributed by atoms with Gasteiger partial charge in [-0.05, 0) is 37.1 Å². The Labute approximate surface area is 175 Å². The van der Waals surface area contributed by atoms with Gasteiger partial charge >= 0.3 is 0 Å². The fourth-order valence-electron chi connectivity index (χ4n) is 3.64. The normalized spacial score (nSPS) is 16.5. The Bertz CT molecular complexity index is 1340. The lowest BCUT2D eigenvalue weighted by Crippen LogP contribution is -2.29. The summed E-state index contributed by atoms with van der Waals surface area (Å²) in [6.07, 6.45) is 1.90. The summed E-state index contributed by atoms with van der Waals surface area (Å²) in [7, 11) is 0. The van der Waals surface area contributed by atoms with Crippen molar-refractivity contribution >= 4 is 33.6 Å². The molecule has 0 unspecified atom stereocenters. The summed E-state index contributed by atoms with van der Waals surface area (Å²) in [5.41, 5.74) is 0.867. The Hall–Kier alpha value is -3.04. The molecule has 3 heterocycles. The van der Waals surface area contributed by atoms with Crippen LogP contribution in [-0.4, -0.2) is 37.3 Å². The fraction of sp³-hybridized carbons (Fsp3) is 0.286. The van der Waals surface area contributed by atoms with E-state index >= 15 is 0 Å². The lowest BCUT2D eigenvalue weighted by Gasteiger charge is -2.16. The molecular formula is C21H19N5O3S. The summed E-state index contributed by atoms with van der Waals surface area (Å²) in [6, 6.07) is 14.4. The highest BCUT2D eigenvalue weighted by Crippen LogP contribution is 2.21. The van der Waals surface area contributed by atoms with Gasteiger partial charge in [-0.25, -0.2) is 4.98 Å². The first-order chi connectivity index (χ1) is 14.7. The van der Waals surface area contributed by atoms with E-state index in [1.54, 1.807) is 28.8 Å². The molecule has 9 heteroatoms. The summed E-state index contributed by atoms with van der Waals surface area (Å²) in [5.74, 6) is 0.201. The van der Waals surface area contributed by atoms with Gasteiger partial charge in [-0.1, -0.05) is 41.2 Å². The van der Waals surface area contributed by atoms with E-state index < -0.39 is 0 Å². The maximum absolute atomic E-state index is 13.1. The second kappa shape index (κ2) is 8.00. The molecule has 1 saturated heterocycles. The lowest BCUT2D eigenvalue weighted by atomic mass is 10.2. The van der Waals surface area contributed by atoms with Crippen molar-refractivity contribution in [1.82, 2.24) is 24.5 Å². The van der Waals surface area contributed by atoms with Gasteiger partial charge in [0.2, 0.25) is 0 Å². The van der Waals surface area contributed by atoms with Gasteiger partial charge in [0.25, 0.3) is 11.1 Å². The standard InChI is InChI=1S/C21H19N5O3S/c27-19-15-7-1-3-9-17(15)22-21(25(19)12-14-6-5-11-29-14)30-13-26-20(28)16-8-2-4-10-18(16)23-24-26/h1-4,7-10,14H,5-6,11-13H2/t14-/m0/s1. The van der Waals surface area contributed by atoms with E-state index in [-0.39, 0.29) is 23.1 Å². The molecule has 8 nitrogen and oxygen atoms in total. The monoisotopic (exact) mass is 421 g/mol. The molecule has 1 atom stereocenters. The molecule has 1 fully saturated rings. The van der Waals surface area contributed by atoms with E-state index in [4.69, 9.17) is 9.72 Å². The highest BCUT2D eigenvalue weighted by Gasteiger charge is 2.20. The van der Waals surface area contributed by atoms with E-state index in [1.165, 1.54) is 16.4 Å². The van der Waals surface area contributed by atoms with Crippen LogP contribution in [0.15, 0.2) is 63.3 Å². The molecule has 0 saturated carbocycles. The van der Waals surface area contributed by atoms with Crippen molar-refractivity contribution in [2.24, 2.45) is 0 Å². The third-order valence-electron chi connectivity index (χ3n) is 5.18. The minimum atomic E-state index is -0.220. The molecule has 2 aromatic heterocycles. The molecule has 0 spiro atoms. The summed E-state index contributed by atoms with van der Waals surface area (Å²) in [4.78, 5) is 30.6. The van der Waals surface area contributed by atoms with Gasteiger partial charge in [0, 0.05) is 6.61 Å². The molecule has 1 aliphatic heterocycles. The van der Waals surface area contributed by atoms with Crippen molar-refractivity contribution in [3.05, 3.63) is 69.2 Å². The summed E-state index contributed by atoms with van der Waals surface area (Å²) < 4.78 is 8.69. The molecule has 4 aromatic rings. The Balaban J connectivity index is 1.52. The number of fused-ring (bicyclic) bond motifs is 2. The average molecular weight is 421 g/mol. The first-order valence-electron chi connectivity index (χ1n) is 9.77. The fourth-order valence-corrected chi connectivity index (χ4v) is 4.52. The first-order valence-corrected chi connectivity index (χ1v) is 10.8. The molecule has 0 bridgehead atoms. The van der Waals surface area contributed by atoms with Crippen LogP contribution in [0.2, 0.25) is 0 Å². The van der Waals surface area contributed by atoms with Gasteiger partial charge in [-0.15, -0.1) is 5.10 Å². The van der Waals surface area contributed by atoms with Gasteiger partial charge in [0.05, 0.1) is 34.8 Å².